The van der Waals surface area contributed by atoms with Crippen LogP contribution in [0.2, 0.25) is 0 Å². The summed E-state index contributed by atoms with van der Waals surface area (Å²) in [5.74, 6) is 0.652. The second kappa shape index (κ2) is 7.30. The maximum Gasteiger partial charge on any atom is 0.267 e. The zero-order chi connectivity index (χ0) is 19.8. The SMILES string of the molecule is O=C(NC[C@H]1[C@H]2CN(C(=O)CCc3cccnc3)C[C@]23CC[C@H]1O3)c1ccc[nH]1. The first-order chi connectivity index (χ1) is 14.1. The minimum Gasteiger partial charge on any atom is -0.369 e. The molecule has 0 aliphatic carbocycles. The van der Waals surface area contributed by atoms with Crippen LogP contribution >= 0.6 is 0 Å². The summed E-state index contributed by atoms with van der Waals surface area (Å²) in [4.78, 5) is 34.2. The molecule has 5 heterocycles. The third kappa shape index (κ3) is 3.33. The lowest BCUT2D eigenvalue weighted by Gasteiger charge is -2.29. The van der Waals surface area contributed by atoms with E-state index in [2.05, 4.69) is 15.3 Å². The number of carbonyl (C=O) groups excluding carboxylic acids is 2. The summed E-state index contributed by atoms with van der Waals surface area (Å²) in [5, 5.41) is 3.05. The van der Waals surface area contributed by atoms with Crippen molar-refractivity contribution in [3.05, 3.63) is 54.1 Å². The van der Waals surface area contributed by atoms with Gasteiger partial charge in [-0.05, 0) is 43.0 Å². The molecule has 2 amide bonds. The van der Waals surface area contributed by atoms with Crippen LogP contribution in [-0.4, -0.2) is 58.0 Å². The number of pyridine rings is 1. The number of likely N-dealkylation sites (tertiary alicyclic amines) is 1. The van der Waals surface area contributed by atoms with Crippen LogP contribution in [-0.2, 0) is 16.0 Å². The van der Waals surface area contributed by atoms with Gasteiger partial charge in [0.25, 0.3) is 5.91 Å². The Morgan fingerprint density at radius 3 is 3.07 bits per heavy atom. The number of ether oxygens (including phenoxy) is 1. The van der Waals surface area contributed by atoms with Gasteiger partial charge in [-0.2, -0.15) is 0 Å². The van der Waals surface area contributed by atoms with Crippen molar-refractivity contribution in [1.82, 2.24) is 20.2 Å². The van der Waals surface area contributed by atoms with E-state index in [4.69, 9.17) is 4.74 Å². The van der Waals surface area contributed by atoms with E-state index in [1.54, 1.807) is 18.5 Å². The first kappa shape index (κ1) is 18.4. The Morgan fingerprint density at radius 2 is 2.28 bits per heavy atom. The van der Waals surface area contributed by atoms with Crippen molar-refractivity contribution in [3.63, 3.8) is 0 Å². The van der Waals surface area contributed by atoms with Crippen molar-refractivity contribution in [3.8, 4) is 0 Å². The fraction of sp³-hybridized carbons (Fsp3) is 0.500. The standard InChI is InChI=1S/C22H26N4O3/c27-20(6-5-15-3-1-9-23-11-15)26-13-17-16(19-7-8-22(17,14-26)29-19)12-25-21(28)18-4-2-10-24-18/h1-4,9-11,16-17,19,24H,5-8,12-14H2,(H,25,28)/t16-,17+,19+,22+/m0/s1. The predicted octanol–water partition coefficient (Wildman–Crippen LogP) is 1.78. The van der Waals surface area contributed by atoms with Crippen LogP contribution in [0.15, 0.2) is 42.9 Å². The number of hydrogen-bond acceptors (Lipinski definition) is 4. The number of hydrogen-bond donors (Lipinski definition) is 2. The van der Waals surface area contributed by atoms with Gasteiger partial charge in [0.15, 0.2) is 0 Å². The number of carbonyl (C=O) groups is 2. The van der Waals surface area contributed by atoms with Crippen molar-refractivity contribution in [2.45, 2.75) is 37.4 Å². The van der Waals surface area contributed by atoms with Crippen molar-refractivity contribution in [1.29, 1.82) is 0 Å². The molecule has 0 aromatic carbocycles. The summed E-state index contributed by atoms with van der Waals surface area (Å²) in [6.45, 7) is 2.00. The van der Waals surface area contributed by atoms with Crippen LogP contribution < -0.4 is 5.32 Å². The molecule has 3 aliphatic rings. The first-order valence-corrected chi connectivity index (χ1v) is 10.4. The number of nitrogens with zero attached hydrogens (tertiary/aromatic N) is 2. The van der Waals surface area contributed by atoms with Gasteiger partial charge >= 0.3 is 0 Å². The third-order valence-corrected chi connectivity index (χ3v) is 6.83. The molecule has 29 heavy (non-hydrogen) atoms. The van der Waals surface area contributed by atoms with E-state index < -0.39 is 0 Å². The third-order valence-electron chi connectivity index (χ3n) is 6.83. The average Bonchev–Trinajstić information content (AvgIpc) is 3.52. The van der Waals surface area contributed by atoms with Crippen LogP contribution in [0.5, 0.6) is 0 Å². The highest BCUT2D eigenvalue weighted by Crippen LogP contribution is 2.54. The molecule has 152 valence electrons. The highest BCUT2D eigenvalue weighted by atomic mass is 16.5. The lowest BCUT2D eigenvalue weighted by atomic mass is 9.73. The number of H-pyrrole nitrogens is 1. The summed E-state index contributed by atoms with van der Waals surface area (Å²) in [6, 6.07) is 7.49. The number of aryl methyl sites for hydroxylation is 1. The zero-order valence-corrected chi connectivity index (χ0v) is 16.3. The molecule has 7 heteroatoms. The Morgan fingerprint density at radius 1 is 1.34 bits per heavy atom. The number of rotatable bonds is 6. The van der Waals surface area contributed by atoms with Gasteiger partial charge < -0.3 is 19.9 Å². The highest BCUT2D eigenvalue weighted by Gasteiger charge is 2.63. The monoisotopic (exact) mass is 394 g/mol. The Kier molecular flexibility index (Phi) is 4.62. The van der Waals surface area contributed by atoms with E-state index >= 15 is 0 Å². The van der Waals surface area contributed by atoms with Gasteiger partial charge in [-0.25, -0.2) is 0 Å². The molecule has 2 aromatic heterocycles. The van der Waals surface area contributed by atoms with Gasteiger partial charge in [-0.3, -0.25) is 14.6 Å². The number of aromatic amines is 1. The van der Waals surface area contributed by atoms with Crippen LogP contribution in [0.3, 0.4) is 0 Å². The topological polar surface area (TPSA) is 87.3 Å². The van der Waals surface area contributed by atoms with Gasteiger partial charge in [0.05, 0.1) is 18.2 Å². The molecule has 0 unspecified atom stereocenters. The van der Waals surface area contributed by atoms with E-state index in [0.717, 1.165) is 24.9 Å². The van der Waals surface area contributed by atoms with Gasteiger partial charge in [0, 0.05) is 49.9 Å². The fourth-order valence-electron chi connectivity index (χ4n) is 5.39. The molecular weight excluding hydrogens is 368 g/mol. The maximum absolute atomic E-state index is 12.8. The minimum absolute atomic E-state index is 0.0887. The molecule has 2 bridgehead atoms. The average molecular weight is 394 g/mol. The van der Waals surface area contributed by atoms with Crippen LogP contribution in [0.1, 0.15) is 35.3 Å². The molecule has 3 fully saturated rings. The number of amides is 2. The number of aromatic nitrogens is 2. The Balaban J connectivity index is 1.20. The van der Waals surface area contributed by atoms with Crippen molar-refractivity contribution in [2.24, 2.45) is 11.8 Å². The Bertz CT molecular complexity index is 885. The lowest BCUT2D eigenvalue weighted by molar-refractivity contribution is -0.131. The summed E-state index contributed by atoms with van der Waals surface area (Å²) >= 11 is 0. The first-order valence-electron chi connectivity index (χ1n) is 10.4. The van der Waals surface area contributed by atoms with E-state index in [1.807, 2.05) is 29.3 Å². The normalized spacial score (nSPS) is 29.8. The van der Waals surface area contributed by atoms with E-state index in [0.29, 0.717) is 37.5 Å². The molecule has 2 aromatic rings. The quantitative estimate of drug-likeness (QED) is 0.782. The molecule has 7 nitrogen and oxygen atoms in total. The number of fused-ring (bicyclic) bond motifs is 1. The van der Waals surface area contributed by atoms with Crippen LogP contribution in [0.25, 0.3) is 0 Å². The van der Waals surface area contributed by atoms with Gasteiger partial charge in [0.1, 0.15) is 5.69 Å². The van der Waals surface area contributed by atoms with Gasteiger partial charge in [-0.1, -0.05) is 6.07 Å². The molecule has 3 saturated heterocycles. The van der Waals surface area contributed by atoms with E-state index in [-0.39, 0.29) is 29.4 Å². The van der Waals surface area contributed by atoms with Crippen molar-refractivity contribution in [2.75, 3.05) is 19.6 Å². The summed E-state index contributed by atoms with van der Waals surface area (Å²) in [7, 11) is 0. The Hall–Kier alpha value is -2.67. The zero-order valence-electron chi connectivity index (χ0n) is 16.3. The molecular formula is C22H26N4O3. The second-order valence-electron chi connectivity index (χ2n) is 8.46. The van der Waals surface area contributed by atoms with E-state index in [1.165, 1.54) is 0 Å². The maximum atomic E-state index is 12.8. The summed E-state index contributed by atoms with van der Waals surface area (Å²) < 4.78 is 6.40. The van der Waals surface area contributed by atoms with Crippen molar-refractivity contribution >= 4 is 11.8 Å². The smallest absolute Gasteiger partial charge is 0.267 e. The molecule has 0 radical (unpaired) electrons. The van der Waals surface area contributed by atoms with Crippen LogP contribution in [0, 0.1) is 11.8 Å². The second-order valence-corrected chi connectivity index (χ2v) is 8.46. The molecule has 5 rings (SSSR count). The Labute approximate surface area is 169 Å². The van der Waals surface area contributed by atoms with Gasteiger partial charge in [-0.15, -0.1) is 0 Å². The molecule has 1 spiro atoms. The molecule has 4 atom stereocenters. The van der Waals surface area contributed by atoms with Crippen LogP contribution in [0.4, 0.5) is 0 Å². The highest BCUT2D eigenvalue weighted by molar-refractivity contribution is 5.92. The number of nitrogens with one attached hydrogen (secondary N) is 2. The minimum atomic E-state index is -0.212. The van der Waals surface area contributed by atoms with E-state index in [9.17, 15) is 9.59 Å². The van der Waals surface area contributed by atoms with Crippen molar-refractivity contribution < 1.29 is 14.3 Å². The molecule has 2 N–H and O–H groups in total. The summed E-state index contributed by atoms with van der Waals surface area (Å²) in [6.07, 6.45) is 8.72. The molecule has 0 saturated carbocycles. The lowest BCUT2D eigenvalue weighted by Crippen LogP contribution is -2.42. The summed E-state index contributed by atoms with van der Waals surface area (Å²) in [5.41, 5.74) is 1.44. The fourth-order valence-corrected chi connectivity index (χ4v) is 5.39. The van der Waals surface area contributed by atoms with Gasteiger partial charge in [0.2, 0.25) is 5.91 Å². The largest absolute Gasteiger partial charge is 0.369 e. The predicted molar refractivity (Wildman–Crippen MR) is 106 cm³/mol. The molecule has 3 aliphatic heterocycles.